The van der Waals surface area contributed by atoms with Crippen molar-refractivity contribution in [2.75, 3.05) is 18.0 Å². The molecule has 0 atom stereocenters. The number of nitrogens with one attached hydrogen (secondary N) is 1. The van der Waals surface area contributed by atoms with Crippen molar-refractivity contribution in [3.63, 3.8) is 0 Å². The van der Waals surface area contributed by atoms with Crippen LogP contribution in [0.1, 0.15) is 40.1 Å². The first kappa shape index (κ1) is 18.2. The first-order valence-electron chi connectivity index (χ1n) is 8.07. The lowest BCUT2D eigenvalue weighted by Gasteiger charge is -2.20. The minimum atomic E-state index is -0.982. The molecule has 0 unspecified atom stereocenters. The molecule has 0 aliphatic carbocycles. The van der Waals surface area contributed by atoms with Gasteiger partial charge in [0.2, 0.25) is 0 Å². The number of carbonyl (C=O) groups is 2. The Bertz CT molecular complexity index is 748. The smallest absolute Gasteiger partial charge is 0.335 e. The molecule has 0 heterocycles. The molecule has 25 heavy (non-hydrogen) atoms. The average Bonchev–Trinajstić information content (AvgIpc) is 2.63. The van der Waals surface area contributed by atoms with E-state index in [9.17, 15) is 9.59 Å². The van der Waals surface area contributed by atoms with Gasteiger partial charge in [0.1, 0.15) is 0 Å². The van der Waals surface area contributed by atoms with Crippen LogP contribution < -0.4 is 10.3 Å². The number of carbonyl (C=O) groups excluding carboxylic acids is 1. The van der Waals surface area contributed by atoms with Gasteiger partial charge in [-0.25, -0.2) is 10.2 Å². The normalized spacial score (nSPS) is 10.6. The Morgan fingerprint density at radius 3 is 2.08 bits per heavy atom. The van der Waals surface area contributed by atoms with Gasteiger partial charge in [-0.2, -0.15) is 5.10 Å². The summed E-state index contributed by atoms with van der Waals surface area (Å²) < 4.78 is 0. The molecule has 2 N–H and O–H groups in total. The lowest BCUT2D eigenvalue weighted by Crippen LogP contribution is -2.22. The molecule has 0 saturated carbocycles. The standard InChI is InChI=1S/C19H21N3O3/c1-3-22(4-2)17-11-9-15(10-12-17)18(23)21-20-13-14-5-7-16(8-6-14)19(24)25/h5-13H,3-4H2,1-2H3,(H,21,23)(H,24,25)/b20-13+. The quantitative estimate of drug-likeness (QED) is 0.600. The van der Waals surface area contributed by atoms with Gasteiger partial charge < -0.3 is 10.0 Å². The van der Waals surface area contributed by atoms with Crippen LogP contribution >= 0.6 is 0 Å². The highest BCUT2D eigenvalue weighted by Gasteiger charge is 2.06. The summed E-state index contributed by atoms with van der Waals surface area (Å²) in [6, 6.07) is 13.6. The van der Waals surface area contributed by atoms with Crippen molar-refractivity contribution >= 4 is 23.8 Å². The van der Waals surface area contributed by atoms with Crippen molar-refractivity contribution in [2.24, 2.45) is 5.10 Å². The van der Waals surface area contributed by atoms with Crippen molar-refractivity contribution in [1.29, 1.82) is 0 Å². The molecule has 0 aliphatic rings. The lowest BCUT2D eigenvalue weighted by atomic mass is 10.1. The van der Waals surface area contributed by atoms with Gasteiger partial charge in [0, 0.05) is 24.3 Å². The Labute approximate surface area is 146 Å². The first-order valence-corrected chi connectivity index (χ1v) is 8.07. The number of hydrogen-bond acceptors (Lipinski definition) is 4. The zero-order valence-corrected chi connectivity index (χ0v) is 14.3. The van der Waals surface area contributed by atoms with Crippen LogP contribution in [0.3, 0.4) is 0 Å². The summed E-state index contributed by atoms with van der Waals surface area (Å²) in [5, 5.41) is 12.7. The number of nitrogens with zero attached hydrogens (tertiary/aromatic N) is 2. The highest BCUT2D eigenvalue weighted by Crippen LogP contribution is 2.14. The third kappa shape index (κ3) is 4.91. The van der Waals surface area contributed by atoms with E-state index in [-0.39, 0.29) is 11.5 Å². The van der Waals surface area contributed by atoms with Gasteiger partial charge in [0.05, 0.1) is 11.8 Å². The minimum absolute atomic E-state index is 0.203. The highest BCUT2D eigenvalue weighted by atomic mass is 16.4. The van der Waals surface area contributed by atoms with E-state index in [4.69, 9.17) is 5.11 Å². The highest BCUT2D eigenvalue weighted by molar-refractivity contribution is 5.95. The van der Waals surface area contributed by atoms with E-state index in [0.717, 1.165) is 18.8 Å². The Hall–Kier alpha value is -3.15. The summed E-state index contributed by atoms with van der Waals surface area (Å²) in [6.07, 6.45) is 1.47. The molecule has 0 fully saturated rings. The van der Waals surface area contributed by atoms with Crippen molar-refractivity contribution in [3.05, 3.63) is 65.2 Å². The van der Waals surface area contributed by atoms with E-state index in [1.165, 1.54) is 18.3 Å². The van der Waals surface area contributed by atoms with Crippen LogP contribution in [0.5, 0.6) is 0 Å². The predicted octanol–water partition coefficient (Wildman–Crippen LogP) is 2.99. The number of hydrogen-bond donors (Lipinski definition) is 2. The number of aromatic carboxylic acids is 1. The van der Waals surface area contributed by atoms with Crippen LogP contribution in [0.2, 0.25) is 0 Å². The molecule has 2 rings (SSSR count). The molecular formula is C19H21N3O3. The van der Waals surface area contributed by atoms with E-state index in [1.807, 2.05) is 12.1 Å². The molecule has 0 saturated heterocycles. The molecule has 0 spiro atoms. The van der Waals surface area contributed by atoms with Gasteiger partial charge in [-0.05, 0) is 55.8 Å². The Morgan fingerprint density at radius 1 is 1.00 bits per heavy atom. The maximum atomic E-state index is 12.1. The van der Waals surface area contributed by atoms with Crippen LogP contribution in [0.4, 0.5) is 5.69 Å². The number of hydrazone groups is 1. The zero-order valence-electron chi connectivity index (χ0n) is 14.3. The summed E-state index contributed by atoms with van der Waals surface area (Å²) in [7, 11) is 0. The second kappa shape index (κ2) is 8.63. The molecule has 0 aliphatic heterocycles. The molecule has 6 nitrogen and oxygen atoms in total. The number of benzene rings is 2. The molecule has 1 amide bonds. The molecule has 0 bridgehead atoms. The fourth-order valence-corrected chi connectivity index (χ4v) is 2.35. The summed E-state index contributed by atoms with van der Waals surface area (Å²) in [5.41, 5.74) is 4.96. The predicted molar refractivity (Wildman–Crippen MR) is 98.5 cm³/mol. The third-order valence-electron chi connectivity index (χ3n) is 3.80. The number of rotatable bonds is 7. The van der Waals surface area contributed by atoms with E-state index < -0.39 is 5.97 Å². The zero-order chi connectivity index (χ0) is 18.2. The molecule has 0 aromatic heterocycles. The SMILES string of the molecule is CCN(CC)c1ccc(C(=O)N/N=C/c2ccc(C(=O)O)cc2)cc1. The summed E-state index contributed by atoms with van der Waals surface area (Å²) in [6.45, 7) is 5.99. The largest absolute Gasteiger partial charge is 0.478 e. The number of amides is 1. The van der Waals surface area contributed by atoms with Crippen molar-refractivity contribution in [2.45, 2.75) is 13.8 Å². The second-order valence-corrected chi connectivity index (χ2v) is 5.35. The van der Waals surface area contributed by atoms with E-state index in [0.29, 0.717) is 11.1 Å². The molecule has 130 valence electrons. The summed E-state index contributed by atoms with van der Waals surface area (Å²) in [4.78, 5) is 25.1. The number of carboxylic acids is 1. The Balaban J connectivity index is 1.96. The van der Waals surface area contributed by atoms with Crippen LogP contribution in [0, 0.1) is 0 Å². The van der Waals surface area contributed by atoms with Crippen LogP contribution in [-0.2, 0) is 0 Å². The van der Waals surface area contributed by atoms with Gasteiger partial charge in [-0.3, -0.25) is 4.79 Å². The molecule has 2 aromatic carbocycles. The lowest BCUT2D eigenvalue weighted by molar-refractivity contribution is 0.0696. The number of carboxylic acid groups (broad SMARTS) is 1. The fourth-order valence-electron chi connectivity index (χ4n) is 2.35. The van der Waals surface area contributed by atoms with E-state index in [1.54, 1.807) is 24.3 Å². The minimum Gasteiger partial charge on any atom is -0.478 e. The molecule has 0 radical (unpaired) electrons. The van der Waals surface area contributed by atoms with Crippen molar-refractivity contribution < 1.29 is 14.7 Å². The Kier molecular flexibility index (Phi) is 6.28. The maximum absolute atomic E-state index is 12.1. The van der Waals surface area contributed by atoms with Crippen LogP contribution in [0.15, 0.2) is 53.6 Å². The molecule has 6 heteroatoms. The van der Waals surface area contributed by atoms with Crippen LogP contribution in [0.25, 0.3) is 0 Å². The van der Waals surface area contributed by atoms with E-state index in [2.05, 4.69) is 29.3 Å². The van der Waals surface area contributed by atoms with Gasteiger partial charge in [0.25, 0.3) is 5.91 Å². The summed E-state index contributed by atoms with van der Waals surface area (Å²) in [5.74, 6) is -1.28. The Morgan fingerprint density at radius 2 is 1.56 bits per heavy atom. The van der Waals surface area contributed by atoms with Gasteiger partial charge in [-0.1, -0.05) is 12.1 Å². The first-order chi connectivity index (χ1) is 12.0. The van der Waals surface area contributed by atoms with Gasteiger partial charge >= 0.3 is 5.97 Å². The monoisotopic (exact) mass is 339 g/mol. The summed E-state index contributed by atoms with van der Waals surface area (Å²) >= 11 is 0. The van der Waals surface area contributed by atoms with Crippen molar-refractivity contribution in [1.82, 2.24) is 5.43 Å². The average molecular weight is 339 g/mol. The third-order valence-corrected chi connectivity index (χ3v) is 3.80. The molecular weight excluding hydrogens is 318 g/mol. The van der Waals surface area contributed by atoms with Gasteiger partial charge in [-0.15, -0.1) is 0 Å². The van der Waals surface area contributed by atoms with Crippen molar-refractivity contribution in [3.8, 4) is 0 Å². The van der Waals surface area contributed by atoms with Gasteiger partial charge in [0.15, 0.2) is 0 Å². The second-order valence-electron chi connectivity index (χ2n) is 5.35. The van der Waals surface area contributed by atoms with Crippen LogP contribution in [-0.4, -0.2) is 36.3 Å². The fraction of sp³-hybridized carbons (Fsp3) is 0.211. The van der Waals surface area contributed by atoms with E-state index >= 15 is 0 Å². The molecule has 2 aromatic rings. The number of anilines is 1. The maximum Gasteiger partial charge on any atom is 0.335 e. The topological polar surface area (TPSA) is 82.0 Å².